The van der Waals surface area contributed by atoms with Gasteiger partial charge in [0.25, 0.3) is 0 Å². The number of primary amides is 1. The summed E-state index contributed by atoms with van der Waals surface area (Å²) in [5.74, 6) is 0.502. The third kappa shape index (κ3) is 9.64. The lowest BCUT2D eigenvalue weighted by atomic mass is 10.0. The summed E-state index contributed by atoms with van der Waals surface area (Å²) in [4.78, 5) is 45.5. The van der Waals surface area contributed by atoms with Crippen LogP contribution in [-0.4, -0.2) is 65.8 Å². The molecule has 2 heterocycles. The Labute approximate surface area is 314 Å². The zero-order valence-electron chi connectivity index (χ0n) is 30.8. The predicted molar refractivity (Wildman–Crippen MR) is 209 cm³/mol. The molecule has 12 nitrogen and oxygen atoms in total. The van der Waals surface area contributed by atoms with Crippen LogP contribution in [0.15, 0.2) is 97.2 Å². The van der Waals surface area contributed by atoms with Gasteiger partial charge in [-0.2, -0.15) is 0 Å². The smallest absolute Gasteiger partial charge is 0.302 e. The molecular formula is C42H46N6O6. The number of imidazole rings is 1. The first kappa shape index (κ1) is 37.6. The molecule has 0 radical (unpaired) electrons. The van der Waals surface area contributed by atoms with Crippen molar-refractivity contribution < 1.29 is 28.6 Å². The fraction of sp³-hybridized carbons (Fsp3) is 0.286. The maximum Gasteiger partial charge on any atom is 0.302 e. The van der Waals surface area contributed by atoms with E-state index in [0.29, 0.717) is 26.2 Å². The van der Waals surface area contributed by atoms with Crippen molar-refractivity contribution in [1.82, 2.24) is 19.9 Å². The lowest BCUT2D eigenvalue weighted by molar-refractivity contribution is -0.141. The molecular weight excluding hydrogens is 684 g/mol. The Morgan fingerprint density at radius 2 is 1.57 bits per heavy atom. The zero-order chi connectivity index (χ0) is 38.0. The summed E-state index contributed by atoms with van der Waals surface area (Å²) >= 11 is 0. The van der Waals surface area contributed by atoms with Crippen LogP contribution >= 0.6 is 0 Å². The third-order valence-electron chi connectivity index (χ3n) is 9.36. The average molecular weight is 731 g/mol. The molecule has 0 aliphatic carbocycles. The summed E-state index contributed by atoms with van der Waals surface area (Å²) in [6.07, 6.45) is 2.82. The zero-order valence-corrected chi connectivity index (χ0v) is 30.8. The highest BCUT2D eigenvalue weighted by atomic mass is 16.5. The van der Waals surface area contributed by atoms with Crippen LogP contribution in [0.5, 0.6) is 5.75 Å². The SMILES string of the molecule is COc1ccc(CCn2c(-c3ccc(N(CCOC(C)=O)CCOC(C)=O)cc3)nc3cc(C(CC(N)=O)NCc4ccc5[nH]ccc5c4)ccc32)cc1. The second-order valence-corrected chi connectivity index (χ2v) is 13.2. The average Bonchev–Trinajstić information content (AvgIpc) is 3.79. The van der Waals surface area contributed by atoms with E-state index in [9.17, 15) is 14.4 Å². The molecule has 2 aromatic heterocycles. The minimum Gasteiger partial charge on any atom is -0.497 e. The molecule has 12 heteroatoms. The number of nitrogens with one attached hydrogen (secondary N) is 2. The van der Waals surface area contributed by atoms with Crippen LogP contribution in [0, 0.1) is 0 Å². The second kappa shape index (κ2) is 17.6. The number of esters is 2. The van der Waals surface area contributed by atoms with Crippen LogP contribution in [0.2, 0.25) is 0 Å². The van der Waals surface area contributed by atoms with E-state index in [1.165, 1.54) is 13.8 Å². The minimum atomic E-state index is -0.394. The number of methoxy groups -OCH3 is 1. The van der Waals surface area contributed by atoms with Crippen LogP contribution < -0.4 is 20.7 Å². The number of fused-ring (bicyclic) bond motifs is 2. The number of aromatic amines is 1. The van der Waals surface area contributed by atoms with Crippen molar-refractivity contribution in [2.75, 3.05) is 38.3 Å². The Balaban J connectivity index is 1.30. The van der Waals surface area contributed by atoms with Crippen molar-refractivity contribution >= 4 is 45.5 Å². The number of rotatable bonds is 18. The van der Waals surface area contributed by atoms with Gasteiger partial charge >= 0.3 is 11.9 Å². The molecule has 0 bridgehead atoms. The third-order valence-corrected chi connectivity index (χ3v) is 9.36. The highest BCUT2D eigenvalue weighted by molar-refractivity contribution is 5.83. The number of H-pyrrole nitrogens is 1. The van der Waals surface area contributed by atoms with Gasteiger partial charge in [-0.1, -0.05) is 24.3 Å². The monoisotopic (exact) mass is 730 g/mol. The first-order chi connectivity index (χ1) is 26.2. The number of anilines is 1. The van der Waals surface area contributed by atoms with Gasteiger partial charge in [-0.15, -0.1) is 0 Å². The predicted octanol–water partition coefficient (Wildman–Crippen LogP) is 6.07. The number of aromatic nitrogens is 3. The summed E-state index contributed by atoms with van der Waals surface area (Å²) < 4.78 is 18.0. The Morgan fingerprint density at radius 3 is 2.24 bits per heavy atom. The number of carbonyl (C=O) groups excluding carboxylic acids is 3. The molecule has 4 N–H and O–H groups in total. The van der Waals surface area contributed by atoms with E-state index in [4.69, 9.17) is 24.9 Å². The van der Waals surface area contributed by atoms with E-state index >= 15 is 0 Å². The van der Waals surface area contributed by atoms with Crippen LogP contribution in [0.3, 0.4) is 0 Å². The summed E-state index contributed by atoms with van der Waals surface area (Å²) in [7, 11) is 1.66. The molecule has 4 aromatic carbocycles. The van der Waals surface area contributed by atoms with Crippen LogP contribution in [0.1, 0.15) is 43.0 Å². The molecule has 1 atom stereocenters. The van der Waals surface area contributed by atoms with Gasteiger partial charge in [-0.05, 0) is 95.2 Å². The topological polar surface area (TPSA) is 154 Å². The molecule has 54 heavy (non-hydrogen) atoms. The maximum atomic E-state index is 12.3. The summed E-state index contributed by atoms with van der Waals surface area (Å²) in [5, 5.41) is 4.68. The molecule has 0 aliphatic rings. The van der Waals surface area contributed by atoms with Crippen molar-refractivity contribution in [2.24, 2.45) is 5.73 Å². The van der Waals surface area contributed by atoms with Gasteiger partial charge in [0, 0.05) is 62.4 Å². The van der Waals surface area contributed by atoms with E-state index < -0.39 is 5.91 Å². The van der Waals surface area contributed by atoms with Crippen LogP contribution in [0.4, 0.5) is 5.69 Å². The number of aryl methyl sites for hydroxylation is 2. The van der Waals surface area contributed by atoms with Crippen LogP contribution in [-0.2, 0) is 43.4 Å². The molecule has 6 aromatic rings. The lowest BCUT2D eigenvalue weighted by Gasteiger charge is -2.24. The minimum absolute atomic E-state index is 0.135. The van der Waals surface area contributed by atoms with Gasteiger partial charge in [-0.3, -0.25) is 14.4 Å². The standard InChI is InChI=1S/C42H46N6O6/c1-28(49)53-22-20-47(21-23-54-29(2)50)35-10-7-32(8-11-35)42-46-39-25-33(9-15-40(39)48(42)19-17-30-4-12-36(52-3)13-5-30)38(26-41(43)51)45-27-31-6-14-37-34(24-31)16-18-44-37/h4-16,18,24-25,38,44-45H,17,19-23,26-27H2,1-3H3,(H2,43,51). The molecule has 0 aliphatic heterocycles. The molecule has 6 rings (SSSR count). The number of carbonyl (C=O) groups is 3. The number of hydrogen-bond donors (Lipinski definition) is 3. The lowest BCUT2D eigenvalue weighted by Crippen LogP contribution is -2.31. The number of hydrogen-bond acceptors (Lipinski definition) is 9. The second-order valence-electron chi connectivity index (χ2n) is 13.2. The Morgan fingerprint density at radius 1 is 0.870 bits per heavy atom. The van der Waals surface area contributed by atoms with Crippen molar-refractivity contribution in [3.63, 3.8) is 0 Å². The molecule has 280 valence electrons. The van der Waals surface area contributed by atoms with Gasteiger partial charge in [0.1, 0.15) is 24.8 Å². The fourth-order valence-corrected chi connectivity index (χ4v) is 6.60. The van der Waals surface area contributed by atoms with E-state index in [2.05, 4.69) is 51.3 Å². The number of nitrogens with two attached hydrogens (primary N) is 1. The van der Waals surface area contributed by atoms with E-state index in [0.717, 1.165) is 67.9 Å². The van der Waals surface area contributed by atoms with Crippen LogP contribution in [0.25, 0.3) is 33.3 Å². The highest BCUT2D eigenvalue weighted by Crippen LogP contribution is 2.30. The molecule has 1 unspecified atom stereocenters. The highest BCUT2D eigenvalue weighted by Gasteiger charge is 2.19. The normalized spacial score (nSPS) is 11.8. The van der Waals surface area contributed by atoms with Crippen molar-refractivity contribution in [2.45, 2.75) is 45.8 Å². The van der Waals surface area contributed by atoms with E-state index in [1.807, 2.05) is 65.7 Å². The summed E-state index contributed by atoms with van der Waals surface area (Å²) in [6, 6.07) is 30.2. The molecule has 1 amide bonds. The molecule has 0 saturated heterocycles. The Hall–Kier alpha value is -6.14. The Bertz CT molecular complexity index is 2190. The van der Waals surface area contributed by atoms with Gasteiger partial charge in [0.15, 0.2) is 0 Å². The quantitative estimate of drug-likeness (QED) is 0.0894. The van der Waals surface area contributed by atoms with Gasteiger partial charge in [0.2, 0.25) is 5.91 Å². The van der Waals surface area contributed by atoms with E-state index in [-0.39, 0.29) is 37.6 Å². The molecule has 0 spiro atoms. The fourth-order valence-electron chi connectivity index (χ4n) is 6.60. The van der Waals surface area contributed by atoms with Crippen molar-refractivity contribution in [1.29, 1.82) is 0 Å². The first-order valence-electron chi connectivity index (χ1n) is 18.0. The molecule has 0 saturated carbocycles. The van der Waals surface area contributed by atoms with Gasteiger partial charge in [0.05, 0.1) is 31.2 Å². The van der Waals surface area contributed by atoms with Gasteiger partial charge in [-0.25, -0.2) is 4.98 Å². The van der Waals surface area contributed by atoms with Crippen molar-refractivity contribution in [3.8, 4) is 17.1 Å². The maximum absolute atomic E-state index is 12.3. The summed E-state index contributed by atoms with van der Waals surface area (Å²) in [6.45, 7) is 5.26. The first-order valence-corrected chi connectivity index (χ1v) is 18.0. The largest absolute Gasteiger partial charge is 0.497 e. The Kier molecular flexibility index (Phi) is 12.2. The molecule has 0 fully saturated rings. The number of amides is 1. The number of benzene rings is 4. The summed E-state index contributed by atoms with van der Waals surface area (Å²) in [5.41, 5.74) is 13.6. The van der Waals surface area contributed by atoms with Crippen molar-refractivity contribution in [3.05, 3.63) is 114 Å². The van der Waals surface area contributed by atoms with Gasteiger partial charge < -0.3 is 39.7 Å². The van der Waals surface area contributed by atoms with E-state index in [1.54, 1.807) is 7.11 Å². The number of ether oxygens (including phenoxy) is 3. The number of nitrogens with zero attached hydrogens (tertiary/aromatic N) is 3.